The first kappa shape index (κ1) is 12.3. The largest absolute Gasteiger partial charge is 0.309 e. The standard InChI is InChI=1S/C15H22N2/c1-3-7-17(8-4-2)12-13-5-6-14-10-16-11-15(14)9-13/h3,5-6,9,16H,1,4,7-8,10-12H2,2H3. The molecule has 0 spiro atoms. The van der Waals surface area contributed by atoms with E-state index in [1.165, 1.54) is 23.1 Å². The van der Waals surface area contributed by atoms with Gasteiger partial charge in [-0.2, -0.15) is 0 Å². The molecular weight excluding hydrogens is 208 g/mol. The minimum Gasteiger partial charge on any atom is -0.309 e. The van der Waals surface area contributed by atoms with Crippen LogP contribution in [0.2, 0.25) is 0 Å². The van der Waals surface area contributed by atoms with Gasteiger partial charge in [-0.15, -0.1) is 6.58 Å². The number of nitrogens with zero attached hydrogens (tertiary/aromatic N) is 1. The highest BCUT2D eigenvalue weighted by Gasteiger charge is 2.11. The monoisotopic (exact) mass is 230 g/mol. The van der Waals surface area contributed by atoms with Gasteiger partial charge in [0, 0.05) is 26.2 Å². The molecular formula is C15H22N2. The smallest absolute Gasteiger partial charge is 0.0237 e. The molecule has 0 bridgehead atoms. The first-order valence-electron chi connectivity index (χ1n) is 6.48. The van der Waals surface area contributed by atoms with E-state index in [0.29, 0.717) is 0 Å². The first-order chi connectivity index (χ1) is 8.33. The molecule has 17 heavy (non-hydrogen) atoms. The summed E-state index contributed by atoms with van der Waals surface area (Å²) in [6, 6.07) is 6.88. The number of hydrogen-bond donors (Lipinski definition) is 1. The van der Waals surface area contributed by atoms with Gasteiger partial charge in [-0.05, 0) is 29.7 Å². The second kappa shape index (κ2) is 5.99. The number of fused-ring (bicyclic) bond motifs is 1. The van der Waals surface area contributed by atoms with E-state index >= 15 is 0 Å². The van der Waals surface area contributed by atoms with Crippen molar-refractivity contribution in [2.75, 3.05) is 13.1 Å². The van der Waals surface area contributed by atoms with Crippen molar-refractivity contribution in [3.63, 3.8) is 0 Å². The molecule has 0 aromatic heterocycles. The molecule has 0 unspecified atom stereocenters. The van der Waals surface area contributed by atoms with Crippen LogP contribution in [0.4, 0.5) is 0 Å². The van der Waals surface area contributed by atoms with Crippen LogP contribution in [-0.2, 0) is 19.6 Å². The van der Waals surface area contributed by atoms with Gasteiger partial charge in [-0.3, -0.25) is 4.90 Å². The van der Waals surface area contributed by atoms with Crippen LogP contribution in [0.1, 0.15) is 30.0 Å². The molecule has 1 heterocycles. The van der Waals surface area contributed by atoms with Crippen molar-refractivity contribution in [1.29, 1.82) is 0 Å². The highest BCUT2D eigenvalue weighted by atomic mass is 15.1. The van der Waals surface area contributed by atoms with Gasteiger partial charge in [-0.1, -0.05) is 31.2 Å². The summed E-state index contributed by atoms with van der Waals surface area (Å²) in [5.74, 6) is 0. The van der Waals surface area contributed by atoms with Gasteiger partial charge in [0.15, 0.2) is 0 Å². The Morgan fingerprint density at radius 3 is 2.94 bits per heavy atom. The van der Waals surface area contributed by atoms with Crippen molar-refractivity contribution in [3.05, 3.63) is 47.5 Å². The van der Waals surface area contributed by atoms with Crippen LogP contribution in [-0.4, -0.2) is 18.0 Å². The Labute approximate surface area is 104 Å². The summed E-state index contributed by atoms with van der Waals surface area (Å²) in [6.45, 7) is 11.3. The zero-order valence-electron chi connectivity index (χ0n) is 10.7. The fourth-order valence-electron chi connectivity index (χ4n) is 2.44. The predicted octanol–water partition coefficient (Wildman–Crippen LogP) is 2.69. The van der Waals surface area contributed by atoms with Gasteiger partial charge >= 0.3 is 0 Å². The van der Waals surface area contributed by atoms with E-state index in [1.807, 2.05) is 6.08 Å². The van der Waals surface area contributed by atoms with Gasteiger partial charge in [0.1, 0.15) is 0 Å². The highest BCUT2D eigenvalue weighted by molar-refractivity contribution is 5.34. The molecule has 1 aromatic carbocycles. The zero-order valence-corrected chi connectivity index (χ0v) is 10.7. The molecule has 2 nitrogen and oxygen atoms in total. The molecule has 0 fully saturated rings. The van der Waals surface area contributed by atoms with Crippen molar-refractivity contribution in [1.82, 2.24) is 10.2 Å². The van der Waals surface area contributed by atoms with E-state index in [2.05, 4.69) is 41.9 Å². The van der Waals surface area contributed by atoms with E-state index in [0.717, 1.165) is 32.7 Å². The van der Waals surface area contributed by atoms with Crippen LogP contribution in [0.3, 0.4) is 0 Å². The Morgan fingerprint density at radius 1 is 1.35 bits per heavy atom. The van der Waals surface area contributed by atoms with Crippen molar-refractivity contribution in [2.45, 2.75) is 33.0 Å². The quantitative estimate of drug-likeness (QED) is 0.756. The van der Waals surface area contributed by atoms with Gasteiger partial charge < -0.3 is 5.32 Å². The fraction of sp³-hybridized carbons (Fsp3) is 0.467. The third-order valence-corrected chi connectivity index (χ3v) is 3.23. The number of benzene rings is 1. The summed E-state index contributed by atoms with van der Waals surface area (Å²) >= 11 is 0. The van der Waals surface area contributed by atoms with Gasteiger partial charge in [0.05, 0.1) is 0 Å². The Bertz CT molecular complexity index is 385. The van der Waals surface area contributed by atoms with Crippen molar-refractivity contribution >= 4 is 0 Å². The molecule has 0 saturated heterocycles. The van der Waals surface area contributed by atoms with E-state index in [9.17, 15) is 0 Å². The van der Waals surface area contributed by atoms with Gasteiger partial charge in [0.2, 0.25) is 0 Å². The van der Waals surface area contributed by atoms with Gasteiger partial charge in [-0.25, -0.2) is 0 Å². The Balaban J connectivity index is 2.03. The summed E-state index contributed by atoms with van der Waals surface area (Å²) in [4.78, 5) is 2.44. The second-order valence-corrected chi connectivity index (χ2v) is 4.73. The average Bonchev–Trinajstić information content (AvgIpc) is 2.77. The molecule has 0 amide bonds. The summed E-state index contributed by atoms with van der Waals surface area (Å²) < 4.78 is 0. The third kappa shape index (κ3) is 3.18. The number of nitrogens with one attached hydrogen (secondary N) is 1. The third-order valence-electron chi connectivity index (χ3n) is 3.23. The van der Waals surface area contributed by atoms with Crippen molar-refractivity contribution in [2.24, 2.45) is 0 Å². The Hall–Kier alpha value is -1.12. The van der Waals surface area contributed by atoms with Crippen LogP contribution in [0.25, 0.3) is 0 Å². The van der Waals surface area contributed by atoms with E-state index in [-0.39, 0.29) is 0 Å². The summed E-state index contributed by atoms with van der Waals surface area (Å²) in [5, 5.41) is 3.39. The van der Waals surface area contributed by atoms with Crippen molar-refractivity contribution in [3.8, 4) is 0 Å². The molecule has 0 atom stereocenters. The molecule has 92 valence electrons. The first-order valence-corrected chi connectivity index (χ1v) is 6.48. The topological polar surface area (TPSA) is 15.3 Å². The molecule has 0 saturated carbocycles. The lowest BCUT2D eigenvalue weighted by molar-refractivity contribution is 0.295. The van der Waals surface area contributed by atoms with Crippen LogP contribution in [0.15, 0.2) is 30.9 Å². The summed E-state index contributed by atoms with van der Waals surface area (Å²) in [5.41, 5.74) is 4.35. The fourth-order valence-corrected chi connectivity index (χ4v) is 2.44. The SMILES string of the molecule is C=CCN(CCC)Cc1ccc2c(c1)CNC2. The van der Waals surface area contributed by atoms with Crippen molar-refractivity contribution < 1.29 is 0 Å². The maximum Gasteiger partial charge on any atom is 0.0237 e. The lowest BCUT2D eigenvalue weighted by atomic mass is 10.1. The number of hydrogen-bond acceptors (Lipinski definition) is 2. The normalized spacial score (nSPS) is 14.0. The highest BCUT2D eigenvalue weighted by Crippen LogP contribution is 2.18. The molecule has 1 aliphatic rings. The van der Waals surface area contributed by atoms with E-state index in [1.54, 1.807) is 0 Å². The molecule has 2 rings (SSSR count). The molecule has 1 N–H and O–H groups in total. The van der Waals surface area contributed by atoms with Crippen LogP contribution >= 0.6 is 0 Å². The minimum atomic E-state index is 0.975. The second-order valence-electron chi connectivity index (χ2n) is 4.73. The number of rotatable bonds is 6. The summed E-state index contributed by atoms with van der Waals surface area (Å²) in [7, 11) is 0. The van der Waals surface area contributed by atoms with Crippen LogP contribution < -0.4 is 5.32 Å². The lowest BCUT2D eigenvalue weighted by Gasteiger charge is -2.20. The molecule has 1 aliphatic heterocycles. The minimum absolute atomic E-state index is 0.975. The van der Waals surface area contributed by atoms with Gasteiger partial charge in [0.25, 0.3) is 0 Å². The Kier molecular flexibility index (Phi) is 4.35. The maximum atomic E-state index is 3.83. The molecule has 0 aliphatic carbocycles. The maximum absolute atomic E-state index is 3.83. The Morgan fingerprint density at radius 2 is 2.18 bits per heavy atom. The lowest BCUT2D eigenvalue weighted by Crippen LogP contribution is -2.24. The molecule has 1 aromatic rings. The summed E-state index contributed by atoms with van der Waals surface area (Å²) in [6.07, 6.45) is 3.19. The van der Waals surface area contributed by atoms with E-state index < -0.39 is 0 Å². The average molecular weight is 230 g/mol. The van der Waals surface area contributed by atoms with Crippen LogP contribution in [0.5, 0.6) is 0 Å². The van der Waals surface area contributed by atoms with Crippen LogP contribution in [0, 0.1) is 0 Å². The molecule has 2 heteroatoms. The van der Waals surface area contributed by atoms with E-state index in [4.69, 9.17) is 0 Å². The molecule has 0 radical (unpaired) electrons. The zero-order chi connectivity index (χ0) is 12.1. The predicted molar refractivity (Wildman–Crippen MR) is 72.8 cm³/mol.